The zero-order valence-corrected chi connectivity index (χ0v) is 38.6. The molecule has 0 spiro atoms. The Morgan fingerprint density at radius 2 is 0.672 bits per heavy atom. The van der Waals surface area contributed by atoms with E-state index in [9.17, 15) is 14.4 Å². The van der Waals surface area contributed by atoms with Crippen LogP contribution in [0.2, 0.25) is 0 Å². The van der Waals surface area contributed by atoms with Gasteiger partial charge in [0.25, 0.3) is 0 Å². The fraction of sp³-hybridized carbons (Fsp3) is 0.827. The van der Waals surface area contributed by atoms with Crippen LogP contribution >= 0.6 is 0 Å². The average Bonchev–Trinajstić information content (AvgIpc) is 3.22. The van der Waals surface area contributed by atoms with E-state index in [1.165, 1.54) is 122 Å². The lowest BCUT2D eigenvalue weighted by Gasteiger charge is -2.18. The first kappa shape index (κ1) is 55.6. The van der Waals surface area contributed by atoms with E-state index in [0.717, 1.165) is 96.3 Å². The molecule has 0 heterocycles. The lowest BCUT2D eigenvalue weighted by molar-refractivity contribution is -0.167. The van der Waals surface area contributed by atoms with Crippen molar-refractivity contribution in [3.8, 4) is 0 Å². The number of allylic oxidation sites excluding steroid dienone is 6. The van der Waals surface area contributed by atoms with Crippen LogP contribution in [-0.2, 0) is 28.6 Å². The molecule has 0 aliphatic heterocycles. The third-order valence-corrected chi connectivity index (χ3v) is 10.9. The largest absolute Gasteiger partial charge is 0.462 e. The molecule has 0 aliphatic rings. The second-order valence-electron chi connectivity index (χ2n) is 16.7. The van der Waals surface area contributed by atoms with E-state index in [4.69, 9.17) is 14.2 Å². The smallest absolute Gasteiger partial charge is 0.306 e. The molecule has 0 aromatic carbocycles. The molecule has 0 bridgehead atoms. The highest BCUT2D eigenvalue weighted by Gasteiger charge is 2.19. The highest BCUT2D eigenvalue weighted by molar-refractivity contribution is 5.71. The van der Waals surface area contributed by atoms with Crippen molar-refractivity contribution in [2.24, 2.45) is 0 Å². The summed E-state index contributed by atoms with van der Waals surface area (Å²) in [7, 11) is 0. The Morgan fingerprint density at radius 1 is 0.362 bits per heavy atom. The molecule has 338 valence electrons. The molecule has 0 saturated carbocycles. The summed E-state index contributed by atoms with van der Waals surface area (Å²) in [5.41, 5.74) is 0. The molecular weight excluding hydrogens is 721 g/mol. The number of hydrogen-bond donors (Lipinski definition) is 0. The standard InChI is InChI=1S/C52H94O6/c1-4-7-10-13-16-19-22-24-26-28-30-33-36-39-42-45-51(54)57-48-49(47-56-50(53)44-41-38-35-32-21-18-15-12-9-6-3)58-52(55)46-43-40-37-34-31-29-27-25-23-20-17-14-11-8-5-2/h7,10,16,19,24,26,49H,4-6,8-9,11-15,17-18,20-23,25,27-48H2,1-3H3/b10-7-,19-16-,26-24-/t49-/m1/s1. The van der Waals surface area contributed by atoms with E-state index in [2.05, 4.69) is 57.2 Å². The van der Waals surface area contributed by atoms with Crippen molar-refractivity contribution in [3.63, 3.8) is 0 Å². The minimum Gasteiger partial charge on any atom is -0.462 e. The Hall–Kier alpha value is -2.37. The maximum atomic E-state index is 12.8. The molecule has 0 unspecified atom stereocenters. The van der Waals surface area contributed by atoms with Gasteiger partial charge in [-0.1, -0.05) is 224 Å². The van der Waals surface area contributed by atoms with Gasteiger partial charge in [0.2, 0.25) is 0 Å². The molecule has 0 amide bonds. The predicted octanol–water partition coefficient (Wildman–Crippen LogP) is 16.1. The Labute approximate surface area is 359 Å². The van der Waals surface area contributed by atoms with Crippen LogP contribution in [0.15, 0.2) is 36.5 Å². The van der Waals surface area contributed by atoms with E-state index < -0.39 is 6.10 Å². The first-order valence-corrected chi connectivity index (χ1v) is 25.0. The second kappa shape index (κ2) is 47.3. The topological polar surface area (TPSA) is 78.9 Å². The van der Waals surface area contributed by atoms with Crippen LogP contribution < -0.4 is 0 Å². The van der Waals surface area contributed by atoms with Gasteiger partial charge in [0.05, 0.1) is 0 Å². The fourth-order valence-corrected chi connectivity index (χ4v) is 7.16. The van der Waals surface area contributed by atoms with Crippen LogP contribution in [0.5, 0.6) is 0 Å². The summed E-state index contributed by atoms with van der Waals surface area (Å²) in [6.07, 6.45) is 54.1. The van der Waals surface area contributed by atoms with Crippen LogP contribution in [0, 0.1) is 0 Å². The van der Waals surface area contributed by atoms with Crippen molar-refractivity contribution in [1.82, 2.24) is 0 Å². The predicted molar refractivity (Wildman–Crippen MR) is 247 cm³/mol. The summed E-state index contributed by atoms with van der Waals surface area (Å²) in [6, 6.07) is 0. The highest BCUT2D eigenvalue weighted by Crippen LogP contribution is 2.16. The molecule has 0 aromatic heterocycles. The van der Waals surface area contributed by atoms with Gasteiger partial charge in [-0.15, -0.1) is 0 Å². The SMILES string of the molecule is CC/C=C\C/C=C\C/C=C\CCCCCCCC(=O)OC[C@@H](COC(=O)CCCCCCCCCCCC)OC(=O)CCCCCCCCCCCCCCCCC. The van der Waals surface area contributed by atoms with Gasteiger partial charge in [-0.25, -0.2) is 0 Å². The summed E-state index contributed by atoms with van der Waals surface area (Å²) < 4.78 is 16.8. The maximum Gasteiger partial charge on any atom is 0.306 e. The zero-order valence-electron chi connectivity index (χ0n) is 38.6. The Morgan fingerprint density at radius 3 is 1.05 bits per heavy atom. The third-order valence-electron chi connectivity index (χ3n) is 10.9. The summed E-state index contributed by atoms with van der Waals surface area (Å²) >= 11 is 0. The third kappa shape index (κ3) is 44.7. The van der Waals surface area contributed by atoms with E-state index in [-0.39, 0.29) is 31.1 Å². The molecule has 6 heteroatoms. The first-order valence-electron chi connectivity index (χ1n) is 25.0. The van der Waals surface area contributed by atoms with E-state index in [0.29, 0.717) is 19.3 Å². The molecule has 0 saturated heterocycles. The van der Waals surface area contributed by atoms with Gasteiger partial charge in [0.15, 0.2) is 6.10 Å². The van der Waals surface area contributed by atoms with Gasteiger partial charge in [-0.05, 0) is 51.4 Å². The number of esters is 3. The van der Waals surface area contributed by atoms with Gasteiger partial charge < -0.3 is 14.2 Å². The van der Waals surface area contributed by atoms with Crippen LogP contribution in [-0.4, -0.2) is 37.2 Å². The van der Waals surface area contributed by atoms with Crippen molar-refractivity contribution in [3.05, 3.63) is 36.5 Å². The normalized spacial score (nSPS) is 12.3. The minimum atomic E-state index is -0.772. The van der Waals surface area contributed by atoms with Crippen molar-refractivity contribution in [2.75, 3.05) is 13.2 Å². The molecule has 0 aromatic rings. The zero-order chi connectivity index (χ0) is 42.3. The second-order valence-corrected chi connectivity index (χ2v) is 16.7. The van der Waals surface area contributed by atoms with Crippen molar-refractivity contribution >= 4 is 17.9 Å². The van der Waals surface area contributed by atoms with E-state index >= 15 is 0 Å². The van der Waals surface area contributed by atoms with Crippen LogP contribution in [0.25, 0.3) is 0 Å². The van der Waals surface area contributed by atoms with Gasteiger partial charge in [0.1, 0.15) is 13.2 Å². The number of carbonyl (C=O) groups excluding carboxylic acids is 3. The molecule has 0 fully saturated rings. The Kier molecular flexibility index (Phi) is 45.4. The molecule has 6 nitrogen and oxygen atoms in total. The molecule has 0 rings (SSSR count). The molecule has 1 atom stereocenters. The Bertz CT molecular complexity index is 984. The first-order chi connectivity index (χ1) is 28.5. The van der Waals surface area contributed by atoms with E-state index in [1.807, 2.05) is 0 Å². The number of ether oxygens (including phenoxy) is 3. The highest BCUT2D eigenvalue weighted by atomic mass is 16.6. The average molecular weight is 815 g/mol. The fourth-order valence-electron chi connectivity index (χ4n) is 7.16. The molecule has 0 aliphatic carbocycles. The maximum absolute atomic E-state index is 12.8. The minimum absolute atomic E-state index is 0.0739. The van der Waals surface area contributed by atoms with Gasteiger partial charge in [0, 0.05) is 19.3 Å². The summed E-state index contributed by atoms with van der Waals surface area (Å²) in [5, 5.41) is 0. The number of rotatable bonds is 45. The van der Waals surface area contributed by atoms with Crippen LogP contribution in [0.1, 0.15) is 258 Å². The molecular formula is C52H94O6. The summed E-state index contributed by atoms with van der Waals surface area (Å²) in [5.74, 6) is -0.883. The Balaban J connectivity index is 4.35. The van der Waals surface area contributed by atoms with E-state index in [1.54, 1.807) is 0 Å². The number of hydrogen-bond acceptors (Lipinski definition) is 6. The lowest BCUT2D eigenvalue weighted by atomic mass is 10.0. The van der Waals surface area contributed by atoms with Crippen molar-refractivity contribution < 1.29 is 28.6 Å². The molecule has 0 N–H and O–H groups in total. The monoisotopic (exact) mass is 815 g/mol. The summed E-state index contributed by atoms with van der Waals surface area (Å²) in [4.78, 5) is 37.8. The molecule has 58 heavy (non-hydrogen) atoms. The lowest BCUT2D eigenvalue weighted by Crippen LogP contribution is -2.30. The quantitative estimate of drug-likeness (QED) is 0.0264. The van der Waals surface area contributed by atoms with Crippen molar-refractivity contribution in [2.45, 2.75) is 264 Å². The van der Waals surface area contributed by atoms with Crippen molar-refractivity contribution in [1.29, 1.82) is 0 Å². The van der Waals surface area contributed by atoms with Crippen LogP contribution in [0.3, 0.4) is 0 Å². The number of carbonyl (C=O) groups is 3. The van der Waals surface area contributed by atoms with Gasteiger partial charge in [-0.2, -0.15) is 0 Å². The molecule has 0 radical (unpaired) electrons. The van der Waals surface area contributed by atoms with Gasteiger partial charge >= 0.3 is 17.9 Å². The van der Waals surface area contributed by atoms with Crippen LogP contribution in [0.4, 0.5) is 0 Å². The summed E-state index contributed by atoms with van der Waals surface area (Å²) in [6.45, 7) is 6.52. The number of unbranched alkanes of at least 4 members (excludes halogenated alkanes) is 28. The van der Waals surface area contributed by atoms with Gasteiger partial charge in [-0.3, -0.25) is 14.4 Å².